The highest BCUT2D eigenvalue weighted by molar-refractivity contribution is 5.11. The molecule has 0 aliphatic rings. The number of hydrogen-bond acceptors (Lipinski definition) is 1. The highest BCUT2D eigenvalue weighted by Crippen LogP contribution is 2.21. The molecule has 1 heterocycles. The van der Waals surface area contributed by atoms with Crippen LogP contribution in [0.2, 0.25) is 0 Å². The molecule has 0 fully saturated rings. The first-order valence-corrected chi connectivity index (χ1v) is 4.89. The highest BCUT2D eigenvalue weighted by atomic mass is 19.4. The number of nitrogens with zero attached hydrogens (tertiary/aromatic N) is 1. The van der Waals surface area contributed by atoms with Crippen molar-refractivity contribution >= 4 is 0 Å². The summed E-state index contributed by atoms with van der Waals surface area (Å²) >= 11 is 0. The Labute approximate surface area is 87.1 Å². The zero-order valence-corrected chi connectivity index (χ0v) is 8.80. The van der Waals surface area contributed by atoms with Gasteiger partial charge < -0.3 is 9.88 Å². The fourth-order valence-corrected chi connectivity index (χ4v) is 1.57. The number of hydrogen-bond donors (Lipinski definition) is 1. The van der Waals surface area contributed by atoms with Gasteiger partial charge >= 0.3 is 6.18 Å². The van der Waals surface area contributed by atoms with E-state index in [0.29, 0.717) is 5.69 Å². The van der Waals surface area contributed by atoms with Crippen LogP contribution < -0.4 is 5.32 Å². The van der Waals surface area contributed by atoms with Crippen molar-refractivity contribution in [1.82, 2.24) is 9.88 Å². The van der Waals surface area contributed by atoms with Gasteiger partial charge in [0.05, 0.1) is 0 Å². The van der Waals surface area contributed by atoms with Crippen molar-refractivity contribution in [2.75, 3.05) is 6.54 Å². The normalized spacial score (nSPS) is 14.2. The van der Waals surface area contributed by atoms with E-state index in [4.69, 9.17) is 0 Å². The number of rotatable bonds is 4. The fraction of sp³-hybridized carbons (Fsp3) is 0.600. The lowest BCUT2D eigenvalue weighted by molar-refractivity contribution is -0.141. The lowest BCUT2D eigenvalue weighted by atomic mass is 10.2. The maximum Gasteiger partial charge on any atom is 0.406 e. The molecule has 1 aromatic rings. The highest BCUT2D eigenvalue weighted by Gasteiger charge is 2.28. The summed E-state index contributed by atoms with van der Waals surface area (Å²) in [6.45, 7) is 3.59. The molecule has 1 unspecified atom stereocenters. The molecule has 1 aromatic heterocycles. The Morgan fingerprint density at radius 1 is 1.47 bits per heavy atom. The molecule has 0 aromatic carbocycles. The summed E-state index contributed by atoms with van der Waals surface area (Å²) in [6.07, 6.45) is -2.71. The molecule has 0 spiro atoms. The quantitative estimate of drug-likeness (QED) is 0.825. The third-order valence-electron chi connectivity index (χ3n) is 2.17. The lowest BCUT2D eigenvalue weighted by Crippen LogP contribution is -2.24. The van der Waals surface area contributed by atoms with Crippen LogP contribution in [0.1, 0.15) is 25.6 Å². The average molecular weight is 220 g/mol. The van der Waals surface area contributed by atoms with E-state index in [1.807, 2.05) is 13.8 Å². The summed E-state index contributed by atoms with van der Waals surface area (Å²) in [5, 5.41) is 3.09. The van der Waals surface area contributed by atoms with Gasteiger partial charge in [-0.3, -0.25) is 0 Å². The molecule has 2 nitrogen and oxygen atoms in total. The van der Waals surface area contributed by atoms with Gasteiger partial charge in [0.1, 0.15) is 6.54 Å². The van der Waals surface area contributed by atoms with E-state index in [2.05, 4.69) is 5.32 Å². The standard InChI is InChI=1S/C10H15F3N2/c1-3-14-8(2)9-5-4-6-15(9)7-10(11,12)13/h4-6,8,14H,3,7H2,1-2H3. The van der Waals surface area contributed by atoms with Crippen molar-refractivity contribution in [2.24, 2.45) is 0 Å². The van der Waals surface area contributed by atoms with Crippen LogP contribution in [0.4, 0.5) is 13.2 Å². The van der Waals surface area contributed by atoms with Crippen molar-refractivity contribution in [3.05, 3.63) is 24.0 Å². The minimum absolute atomic E-state index is 0.0626. The Hall–Kier alpha value is -0.970. The topological polar surface area (TPSA) is 17.0 Å². The third-order valence-corrected chi connectivity index (χ3v) is 2.17. The number of halogens is 3. The number of aromatic nitrogens is 1. The first kappa shape index (κ1) is 12.1. The van der Waals surface area contributed by atoms with E-state index >= 15 is 0 Å². The maximum absolute atomic E-state index is 12.2. The summed E-state index contributed by atoms with van der Waals surface area (Å²) < 4.78 is 37.9. The largest absolute Gasteiger partial charge is 0.406 e. The Morgan fingerprint density at radius 3 is 2.67 bits per heavy atom. The van der Waals surface area contributed by atoms with Crippen LogP contribution in [0.25, 0.3) is 0 Å². The van der Waals surface area contributed by atoms with Crippen LogP contribution in [0.15, 0.2) is 18.3 Å². The summed E-state index contributed by atoms with van der Waals surface area (Å²) in [4.78, 5) is 0. The second-order valence-corrected chi connectivity index (χ2v) is 3.46. The smallest absolute Gasteiger partial charge is 0.341 e. The molecule has 1 rings (SSSR count). The maximum atomic E-state index is 12.2. The fourth-order valence-electron chi connectivity index (χ4n) is 1.57. The van der Waals surface area contributed by atoms with Gasteiger partial charge in [-0.15, -0.1) is 0 Å². The van der Waals surface area contributed by atoms with E-state index in [1.165, 1.54) is 10.8 Å². The predicted molar refractivity (Wildman–Crippen MR) is 52.6 cm³/mol. The van der Waals surface area contributed by atoms with Gasteiger partial charge in [0, 0.05) is 17.9 Å². The van der Waals surface area contributed by atoms with Crippen molar-refractivity contribution in [1.29, 1.82) is 0 Å². The van der Waals surface area contributed by atoms with Gasteiger partial charge in [-0.05, 0) is 25.6 Å². The van der Waals surface area contributed by atoms with Crippen molar-refractivity contribution in [2.45, 2.75) is 32.6 Å². The minimum atomic E-state index is -4.17. The van der Waals surface area contributed by atoms with Gasteiger partial charge in [0.25, 0.3) is 0 Å². The molecule has 1 N–H and O–H groups in total. The lowest BCUT2D eigenvalue weighted by Gasteiger charge is -2.17. The molecule has 0 amide bonds. The van der Waals surface area contributed by atoms with Crippen LogP contribution in [0.3, 0.4) is 0 Å². The van der Waals surface area contributed by atoms with E-state index < -0.39 is 12.7 Å². The van der Waals surface area contributed by atoms with Crippen LogP contribution in [-0.4, -0.2) is 17.3 Å². The van der Waals surface area contributed by atoms with Crippen LogP contribution in [0, 0.1) is 0 Å². The molecule has 0 radical (unpaired) electrons. The summed E-state index contributed by atoms with van der Waals surface area (Å²) in [5.74, 6) is 0. The van der Waals surface area contributed by atoms with Gasteiger partial charge in [0.2, 0.25) is 0 Å². The zero-order valence-electron chi connectivity index (χ0n) is 8.80. The molecule has 86 valence electrons. The van der Waals surface area contributed by atoms with E-state index in [1.54, 1.807) is 12.1 Å². The zero-order chi connectivity index (χ0) is 11.5. The molecule has 0 aliphatic carbocycles. The monoisotopic (exact) mass is 220 g/mol. The van der Waals surface area contributed by atoms with Gasteiger partial charge in [-0.2, -0.15) is 13.2 Å². The van der Waals surface area contributed by atoms with E-state index in [-0.39, 0.29) is 6.04 Å². The molecule has 15 heavy (non-hydrogen) atoms. The van der Waals surface area contributed by atoms with Crippen molar-refractivity contribution < 1.29 is 13.2 Å². The molecule has 0 bridgehead atoms. The van der Waals surface area contributed by atoms with Gasteiger partial charge in [0.15, 0.2) is 0 Å². The summed E-state index contributed by atoms with van der Waals surface area (Å²) in [6, 6.07) is 3.28. The molecule has 1 atom stereocenters. The van der Waals surface area contributed by atoms with Crippen molar-refractivity contribution in [3.8, 4) is 0 Å². The van der Waals surface area contributed by atoms with Crippen LogP contribution >= 0.6 is 0 Å². The Kier molecular flexibility index (Phi) is 3.79. The van der Waals surface area contributed by atoms with E-state index in [0.717, 1.165) is 6.54 Å². The minimum Gasteiger partial charge on any atom is -0.341 e. The van der Waals surface area contributed by atoms with Crippen LogP contribution in [-0.2, 0) is 6.54 Å². The third kappa shape index (κ3) is 3.58. The SMILES string of the molecule is CCNC(C)c1cccn1CC(F)(F)F. The van der Waals surface area contributed by atoms with Crippen LogP contribution in [0.5, 0.6) is 0 Å². The predicted octanol–water partition coefficient (Wildman–Crippen LogP) is 2.72. The number of nitrogens with one attached hydrogen (secondary N) is 1. The number of alkyl halides is 3. The summed E-state index contributed by atoms with van der Waals surface area (Å²) in [7, 11) is 0. The second kappa shape index (κ2) is 4.70. The molecule has 5 heteroatoms. The average Bonchev–Trinajstić information content (AvgIpc) is 2.49. The molecular weight excluding hydrogens is 205 g/mol. The Morgan fingerprint density at radius 2 is 2.13 bits per heavy atom. The van der Waals surface area contributed by atoms with E-state index in [9.17, 15) is 13.2 Å². The molecule has 0 saturated carbocycles. The Bertz CT molecular complexity index is 304. The van der Waals surface area contributed by atoms with Crippen molar-refractivity contribution in [3.63, 3.8) is 0 Å². The molecule has 0 saturated heterocycles. The molecular formula is C10H15F3N2. The van der Waals surface area contributed by atoms with Gasteiger partial charge in [-0.25, -0.2) is 0 Å². The first-order valence-electron chi connectivity index (χ1n) is 4.89. The Balaban J connectivity index is 2.77. The summed E-state index contributed by atoms with van der Waals surface area (Å²) in [5.41, 5.74) is 0.661. The molecule has 0 aliphatic heterocycles. The second-order valence-electron chi connectivity index (χ2n) is 3.46. The first-order chi connectivity index (χ1) is 6.94. The van der Waals surface area contributed by atoms with Gasteiger partial charge in [-0.1, -0.05) is 6.92 Å².